The summed E-state index contributed by atoms with van der Waals surface area (Å²) in [5, 5.41) is 14.2. The van der Waals surface area contributed by atoms with Gasteiger partial charge in [-0.1, -0.05) is 64.5 Å². The minimum absolute atomic E-state index is 0.202. The smallest absolute Gasteiger partial charge is 0.272 e. The molecule has 1 aromatic heterocycles. The van der Waals surface area contributed by atoms with E-state index in [-0.39, 0.29) is 5.69 Å². The van der Waals surface area contributed by atoms with E-state index in [4.69, 9.17) is 0 Å². The van der Waals surface area contributed by atoms with Gasteiger partial charge in [-0.2, -0.15) is 10.2 Å². The molecule has 170 valence electrons. The zero-order valence-corrected chi connectivity index (χ0v) is 19.7. The van der Waals surface area contributed by atoms with Crippen LogP contribution >= 0.6 is 15.9 Å². The third-order valence-corrected chi connectivity index (χ3v) is 5.70. The van der Waals surface area contributed by atoms with Crippen molar-refractivity contribution in [1.82, 2.24) is 20.9 Å². The van der Waals surface area contributed by atoms with Crippen LogP contribution in [0.2, 0.25) is 0 Å². The third-order valence-electron chi connectivity index (χ3n) is 5.17. The Bertz CT molecular complexity index is 1430. The molecular weight excluding hydrogens is 498 g/mol. The number of rotatable bonds is 6. The molecule has 1 unspecified atom stereocenters. The Hall–Kier alpha value is -4.11. The maximum Gasteiger partial charge on any atom is 0.272 e. The zero-order valence-electron chi connectivity index (χ0n) is 18.1. The molecule has 2 amide bonds. The van der Waals surface area contributed by atoms with Crippen LogP contribution in [-0.4, -0.2) is 27.7 Å². The summed E-state index contributed by atoms with van der Waals surface area (Å²) in [7, 11) is 0. The Balaban J connectivity index is 1.69. The van der Waals surface area contributed by atoms with Gasteiger partial charge in [-0.3, -0.25) is 14.4 Å². The first-order valence-electron chi connectivity index (χ1n) is 10.4. The van der Waals surface area contributed by atoms with Crippen LogP contribution in [0.1, 0.15) is 34.6 Å². The second kappa shape index (κ2) is 10.2. The summed E-state index contributed by atoms with van der Waals surface area (Å²) >= 11 is 3.39. The van der Waals surface area contributed by atoms with Crippen molar-refractivity contribution in [3.05, 3.63) is 111 Å². The lowest BCUT2D eigenvalue weighted by Crippen LogP contribution is -2.40. The van der Waals surface area contributed by atoms with Crippen LogP contribution < -0.4 is 16.3 Å². The van der Waals surface area contributed by atoms with Gasteiger partial charge in [-0.25, -0.2) is 10.5 Å². The van der Waals surface area contributed by atoms with Crippen LogP contribution in [0.3, 0.4) is 0 Å². The second-order valence-electron chi connectivity index (χ2n) is 7.44. The monoisotopic (exact) mass is 517 g/mol. The van der Waals surface area contributed by atoms with E-state index in [1.54, 1.807) is 61.5 Å². The quantitative estimate of drug-likeness (QED) is 0.267. The van der Waals surface area contributed by atoms with Crippen LogP contribution in [0.15, 0.2) is 93.2 Å². The van der Waals surface area contributed by atoms with Gasteiger partial charge in [0.25, 0.3) is 17.4 Å². The lowest BCUT2D eigenvalue weighted by molar-refractivity contribution is -0.123. The standard InChI is InChI=1S/C25H20BrN5O3/c1-15(16-11-13-18(26)14-12-16)28-31-25(34)22(27-23(32)17-7-3-2-4-8-17)21-19-9-5-6-10-20(19)24(33)30-29-21/h2-14,22H,1H3,(H,27,32)(H,30,33)(H,31,34)/b28-15-. The summed E-state index contributed by atoms with van der Waals surface area (Å²) < 4.78 is 0.924. The molecule has 3 aromatic carbocycles. The first-order valence-corrected chi connectivity index (χ1v) is 11.2. The minimum Gasteiger partial charge on any atom is -0.335 e. The second-order valence-corrected chi connectivity index (χ2v) is 8.35. The summed E-state index contributed by atoms with van der Waals surface area (Å²) in [6.07, 6.45) is 0. The minimum atomic E-state index is -1.21. The number of hydrazone groups is 1. The molecule has 1 heterocycles. The van der Waals surface area contributed by atoms with Crippen LogP contribution in [0, 0.1) is 0 Å². The Morgan fingerprint density at radius 3 is 2.26 bits per heavy atom. The van der Waals surface area contributed by atoms with E-state index in [0.29, 0.717) is 22.0 Å². The molecule has 0 spiro atoms. The molecule has 8 nitrogen and oxygen atoms in total. The largest absolute Gasteiger partial charge is 0.335 e. The summed E-state index contributed by atoms with van der Waals surface area (Å²) in [6, 6.07) is 21.5. The van der Waals surface area contributed by atoms with Crippen molar-refractivity contribution >= 4 is 44.2 Å². The van der Waals surface area contributed by atoms with Crippen LogP contribution in [0.25, 0.3) is 10.8 Å². The molecule has 0 aliphatic rings. The van der Waals surface area contributed by atoms with Gasteiger partial charge in [0.2, 0.25) is 0 Å². The fourth-order valence-corrected chi connectivity index (χ4v) is 3.64. The van der Waals surface area contributed by atoms with Gasteiger partial charge in [-0.05, 0) is 42.8 Å². The molecule has 4 rings (SSSR count). The van der Waals surface area contributed by atoms with Gasteiger partial charge in [0.1, 0.15) is 5.69 Å². The van der Waals surface area contributed by atoms with Gasteiger partial charge in [0.15, 0.2) is 6.04 Å². The number of aromatic nitrogens is 2. The Kier molecular flexibility index (Phi) is 6.93. The van der Waals surface area contributed by atoms with Crippen LogP contribution in [0.5, 0.6) is 0 Å². The predicted molar refractivity (Wildman–Crippen MR) is 134 cm³/mol. The van der Waals surface area contributed by atoms with Crippen molar-refractivity contribution in [2.24, 2.45) is 5.10 Å². The number of carbonyl (C=O) groups is 2. The molecular formula is C25H20BrN5O3. The highest BCUT2D eigenvalue weighted by Gasteiger charge is 2.27. The average Bonchev–Trinajstić information content (AvgIpc) is 2.87. The SMILES string of the molecule is C/C(=N/NC(=O)C(NC(=O)c1ccccc1)c1n[nH]c(=O)c2ccccc12)c1ccc(Br)cc1. The number of carbonyl (C=O) groups excluding carboxylic acids is 2. The van der Waals surface area contributed by atoms with Crippen molar-refractivity contribution in [3.63, 3.8) is 0 Å². The lowest BCUT2D eigenvalue weighted by Gasteiger charge is -2.18. The highest BCUT2D eigenvalue weighted by Crippen LogP contribution is 2.20. The normalized spacial score (nSPS) is 12.2. The van der Waals surface area contributed by atoms with Crippen molar-refractivity contribution in [1.29, 1.82) is 0 Å². The van der Waals surface area contributed by atoms with Gasteiger partial charge in [-0.15, -0.1) is 0 Å². The number of hydrogen-bond acceptors (Lipinski definition) is 5. The number of aromatic amines is 1. The molecule has 0 saturated carbocycles. The first kappa shape index (κ1) is 23.1. The number of nitrogens with one attached hydrogen (secondary N) is 3. The highest BCUT2D eigenvalue weighted by atomic mass is 79.9. The topological polar surface area (TPSA) is 116 Å². The van der Waals surface area contributed by atoms with Gasteiger partial charge < -0.3 is 5.32 Å². The summed E-state index contributed by atoms with van der Waals surface area (Å²) in [5.41, 5.74) is 4.11. The molecule has 0 fully saturated rings. The first-order chi connectivity index (χ1) is 16.4. The fraction of sp³-hybridized carbons (Fsp3) is 0.0800. The van der Waals surface area contributed by atoms with E-state index < -0.39 is 23.4 Å². The van der Waals surface area contributed by atoms with E-state index in [1.807, 2.05) is 24.3 Å². The predicted octanol–water partition coefficient (Wildman–Crippen LogP) is 3.70. The number of benzene rings is 3. The third kappa shape index (κ3) is 5.10. The van der Waals surface area contributed by atoms with Gasteiger partial charge in [0, 0.05) is 15.4 Å². The van der Waals surface area contributed by atoms with E-state index in [1.165, 1.54) is 0 Å². The number of fused-ring (bicyclic) bond motifs is 1. The number of halogens is 1. The Morgan fingerprint density at radius 2 is 1.56 bits per heavy atom. The van der Waals surface area contributed by atoms with E-state index in [0.717, 1.165) is 10.0 Å². The van der Waals surface area contributed by atoms with Gasteiger partial charge in [0.05, 0.1) is 11.1 Å². The number of nitrogens with zero attached hydrogens (tertiary/aromatic N) is 2. The maximum atomic E-state index is 13.3. The molecule has 0 bridgehead atoms. The lowest BCUT2D eigenvalue weighted by atomic mass is 10.0. The molecule has 3 N–H and O–H groups in total. The molecule has 9 heteroatoms. The number of hydrogen-bond donors (Lipinski definition) is 3. The summed E-state index contributed by atoms with van der Waals surface area (Å²) in [4.78, 5) is 38.4. The number of H-pyrrole nitrogens is 1. The Morgan fingerprint density at radius 1 is 0.912 bits per heavy atom. The van der Waals surface area contributed by atoms with Crippen molar-refractivity contribution in [2.75, 3.05) is 0 Å². The molecule has 0 aliphatic carbocycles. The molecule has 0 radical (unpaired) electrons. The zero-order chi connectivity index (χ0) is 24.1. The average molecular weight is 518 g/mol. The van der Waals surface area contributed by atoms with Crippen LogP contribution in [0.4, 0.5) is 0 Å². The summed E-state index contributed by atoms with van der Waals surface area (Å²) in [5.74, 6) is -1.07. The molecule has 1 atom stereocenters. The van der Waals surface area contributed by atoms with E-state index >= 15 is 0 Å². The van der Waals surface area contributed by atoms with E-state index in [9.17, 15) is 14.4 Å². The molecule has 0 aliphatic heterocycles. The van der Waals surface area contributed by atoms with E-state index in [2.05, 4.69) is 42.0 Å². The van der Waals surface area contributed by atoms with Crippen molar-refractivity contribution in [3.8, 4) is 0 Å². The number of amides is 2. The summed E-state index contributed by atoms with van der Waals surface area (Å²) in [6.45, 7) is 1.76. The van der Waals surface area contributed by atoms with Crippen LogP contribution in [-0.2, 0) is 4.79 Å². The Labute approximate surface area is 203 Å². The fourth-order valence-electron chi connectivity index (χ4n) is 3.38. The van der Waals surface area contributed by atoms with Crippen molar-refractivity contribution < 1.29 is 9.59 Å². The molecule has 0 saturated heterocycles. The highest BCUT2D eigenvalue weighted by molar-refractivity contribution is 9.10. The molecule has 4 aromatic rings. The molecule has 34 heavy (non-hydrogen) atoms. The van der Waals surface area contributed by atoms with Crippen molar-refractivity contribution in [2.45, 2.75) is 13.0 Å². The van der Waals surface area contributed by atoms with Gasteiger partial charge >= 0.3 is 0 Å². The maximum absolute atomic E-state index is 13.3.